The molecule has 1 heterocycles. The van der Waals surface area contributed by atoms with Gasteiger partial charge in [0.1, 0.15) is 11.5 Å². The number of fused-ring (bicyclic) bond motifs is 5. The van der Waals surface area contributed by atoms with Crippen molar-refractivity contribution in [3.63, 3.8) is 0 Å². The SMILES string of the molecule is Clc1cc2c3c(c1)-c1ccccc1C3(c1ccccc1)c1ccccc1O2. The molecule has 0 saturated carbocycles. The molecule has 0 spiro atoms. The van der Waals surface area contributed by atoms with E-state index >= 15 is 0 Å². The Bertz CT molecular complexity index is 1210. The first-order valence-corrected chi connectivity index (χ1v) is 9.45. The van der Waals surface area contributed by atoms with Gasteiger partial charge in [-0.25, -0.2) is 0 Å². The van der Waals surface area contributed by atoms with Crippen LogP contribution in [0.5, 0.6) is 11.5 Å². The van der Waals surface area contributed by atoms with Gasteiger partial charge in [0, 0.05) is 16.1 Å². The van der Waals surface area contributed by atoms with E-state index in [2.05, 4.69) is 72.8 Å². The highest BCUT2D eigenvalue weighted by Crippen LogP contribution is 2.63. The van der Waals surface area contributed by atoms with Crippen molar-refractivity contribution in [3.05, 3.63) is 118 Å². The van der Waals surface area contributed by atoms with Crippen LogP contribution in [-0.2, 0) is 5.41 Å². The summed E-state index contributed by atoms with van der Waals surface area (Å²) in [4.78, 5) is 0. The Balaban J connectivity index is 1.88. The summed E-state index contributed by atoms with van der Waals surface area (Å²) in [6.07, 6.45) is 0. The minimum atomic E-state index is -0.387. The van der Waals surface area contributed by atoms with Crippen LogP contribution in [0.4, 0.5) is 0 Å². The Kier molecular flexibility index (Phi) is 2.93. The molecule has 4 aromatic rings. The summed E-state index contributed by atoms with van der Waals surface area (Å²) in [5, 5.41) is 0.696. The van der Waals surface area contributed by atoms with Crippen molar-refractivity contribution in [2.75, 3.05) is 0 Å². The summed E-state index contributed by atoms with van der Waals surface area (Å²) in [6, 6.07) is 31.7. The number of benzene rings is 4. The van der Waals surface area contributed by atoms with Crippen molar-refractivity contribution in [1.82, 2.24) is 0 Å². The largest absolute Gasteiger partial charge is 0.457 e. The molecule has 2 heteroatoms. The molecule has 27 heavy (non-hydrogen) atoms. The van der Waals surface area contributed by atoms with E-state index in [4.69, 9.17) is 16.3 Å². The van der Waals surface area contributed by atoms with Crippen LogP contribution in [0, 0.1) is 0 Å². The lowest BCUT2D eigenvalue weighted by molar-refractivity contribution is 0.438. The third kappa shape index (κ3) is 1.80. The van der Waals surface area contributed by atoms with Crippen LogP contribution in [0.1, 0.15) is 22.3 Å². The van der Waals surface area contributed by atoms with Crippen LogP contribution in [0.15, 0.2) is 91.0 Å². The molecule has 0 amide bonds. The first kappa shape index (κ1) is 15.1. The molecule has 6 rings (SSSR count). The maximum atomic E-state index is 6.48. The minimum Gasteiger partial charge on any atom is -0.457 e. The quantitative estimate of drug-likeness (QED) is 0.310. The van der Waals surface area contributed by atoms with Crippen LogP contribution in [0.2, 0.25) is 5.02 Å². The van der Waals surface area contributed by atoms with Gasteiger partial charge >= 0.3 is 0 Å². The van der Waals surface area contributed by atoms with Crippen LogP contribution >= 0.6 is 11.6 Å². The van der Waals surface area contributed by atoms with E-state index in [1.54, 1.807) is 0 Å². The summed E-state index contributed by atoms with van der Waals surface area (Å²) in [7, 11) is 0. The molecule has 1 unspecified atom stereocenters. The zero-order chi connectivity index (χ0) is 18.0. The van der Waals surface area contributed by atoms with E-state index in [-0.39, 0.29) is 5.41 Å². The fraction of sp³-hybridized carbons (Fsp3) is 0.0400. The monoisotopic (exact) mass is 366 g/mol. The van der Waals surface area contributed by atoms with Gasteiger partial charge < -0.3 is 4.74 Å². The maximum absolute atomic E-state index is 6.48. The number of hydrogen-bond donors (Lipinski definition) is 0. The van der Waals surface area contributed by atoms with Gasteiger partial charge in [-0.2, -0.15) is 0 Å². The van der Waals surface area contributed by atoms with Crippen molar-refractivity contribution in [2.45, 2.75) is 5.41 Å². The molecular weight excluding hydrogens is 352 g/mol. The fourth-order valence-corrected chi connectivity index (χ4v) is 5.06. The molecule has 4 aromatic carbocycles. The normalized spacial score (nSPS) is 18.3. The summed E-state index contributed by atoms with van der Waals surface area (Å²) in [5.74, 6) is 1.73. The Hall–Kier alpha value is -3.03. The molecule has 0 radical (unpaired) electrons. The van der Waals surface area contributed by atoms with Gasteiger partial charge in [0.25, 0.3) is 0 Å². The topological polar surface area (TPSA) is 9.23 Å². The first-order chi connectivity index (χ1) is 13.3. The highest BCUT2D eigenvalue weighted by molar-refractivity contribution is 6.31. The lowest BCUT2D eigenvalue weighted by atomic mass is 9.66. The zero-order valence-corrected chi connectivity index (χ0v) is 15.2. The summed E-state index contributed by atoms with van der Waals surface area (Å²) in [6.45, 7) is 0. The van der Waals surface area contributed by atoms with Crippen molar-refractivity contribution >= 4 is 11.6 Å². The molecule has 0 N–H and O–H groups in total. The molecule has 0 saturated heterocycles. The summed E-state index contributed by atoms with van der Waals surface area (Å²) >= 11 is 6.48. The van der Waals surface area contributed by atoms with Crippen LogP contribution < -0.4 is 4.74 Å². The molecule has 0 aromatic heterocycles. The molecule has 1 aliphatic carbocycles. The number of rotatable bonds is 1. The predicted molar refractivity (Wildman–Crippen MR) is 109 cm³/mol. The highest BCUT2D eigenvalue weighted by Gasteiger charge is 2.51. The minimum absolute atomic E-state index is 0.387. The summed E-state index contributed by atoms with van der Waals surface area (Å²) in [5.41, 5.74) is 6.89. The lowest BCUT2D eigenvalue weighted by Gasteiger charge is -2.39. The van der Waals surface area contributed by atoms with Crippen molar-refractivity contribution in [1.29, 1.82) is 0 Å². The fourth-order valence-electron chi connectivity index (χ4n) is 4.85. The van der Waals surface area contributed by atoms with E-state index < -0.39 is 0 Å². The average Bonchev–Trinajstić information content (AvgIpc) is 3.01. The predicted octanol–water partition coefficient (Wildman–Crippen LogP) is 6.81. The highest BCUT2D eigenvalue weighted by atomic mass is 35.5. The second-order valence-corrected chi connectivity index (χ2v) is 7.52. The molecule has 0 fully saturated rings. The number of para-hydroxylation sites is 1. The van der Waals surface area contributed by atoms with Crippen molar-refractivity contribution in [3.8, 4) is 22.6 Å². The standard InChI is InChI=1S/C25H15ClO/c26-17-14-19-18-10-4-5-11-20(18)25(16-8-2-1-3-9-16)21-12-6-7-13-22(21)27-23(15-17)24(19)25/h1-15H. The summed E-state index contributed by atoms with van der Waals surface area (Å²) < 4.78 is 6.34. The number of halogens is 1. The molecule has 1 aliphatic heterocycles. The van der Waals surface area contributed by atoms with Crippen LogP contribution in [0.3, 0.4) is 0 Å². The Morgan fingerprint density at radius 3 is 2.19 bits per heavy atom. The average molecular weight is 367 g/mol. The van der Waals surface area contributed by atoms with Gasteiger partial charge in [0.05, 0.1) is 5.41 Å². The van der Waals surface area contributed by atoms with Gasteiger partial charge in [-0.05, 0) is 40.5 Å². The lowest BCUT2D eigenvalue weighted by Crippen LogP contribution is -2.31. The van der Waals surface area contributed by atoms with E-state index in [0.29, 0.717) is 5.02 Å². The smallest absolute Gasteiger partial charge is 0.134 e. The van der Waals surface area contributed by atoms with Crippen LogP contribution in [-0.4, -0.2) is 0 Å². The number of ether oxygens (including phenoxy) is 1. The van der Waals surface area contributed by atoms with E-state index in [9.17, 15) is 0 Å². The molecule has 1 atom stereocenters. The first-order valence-electron chi connectivity index (χ1n) is 9.07. The van der Waals surface area contributed by atoms with Gasteiger partial charge in [-0.3, -0.25) is 0 Å². The Morgan fingerprint density at radius 1 is 0.630 bits per heavy atom. The van der Waals surface area contributed by atoms with Gasteiger partial charge in [-0.15, -0.1) is 0 Å². The Labute approximate surface area is 162 Å². The molecule has 2 aliphatic rings. The Morgan fingerprint density at radius 2 is 1.33 bits per heavy atom. The van der Waals surface area contributed by atoms with E-state index in [1.807, 2.05) is 18.2 Å². The molecule has 128 valence electrons. The van der Waals surface area contributed by atoms with Crippen molar-refractivity contribution in [2.24, 2.45) is 0 Å². The third-order valence-corrected chi connectivity index (χ3v) is 6.00. The van der Waals surface area contributed by atoms with E-state index in [0.717, 1.165) is 17.1 Å². The molecule has 1 nitrogen and oxygen atoms in total. The van der Waals surface area contributed by atoms with Crippen LogP contribution in [0.25, 0.3) is 11.1 Å². The van der Waals surface area contributed by atoms with Gasteiger partial charge in [0.2, 0.25) is 0 Å². The van der Waals surface area contributed by atoms with Gasteiger partial charge in [0.15, 0.2) is 0 Å². The third-order valence-electron chi connectivity index (χ3n) is 5.78. The zero-order valence-electron chi connectivity index (χ0n) is 14.4. The molecular formula is C25H15ClO. The maximum Gasteiger partial charge on any atom is 0.134 e. The second-order valence-electron chi connectivity index (χ2n) is 7.09. The van der Waals surface area contributed by atoms with Gasteiger partial charge in [-0.1, -0.05) is 84.4 Å². The number of hydrogen-bond acceptors (Lipinski definition) is 1. The van der Waals surface area contributed by atoms with E-state index in [1.165, 1.54) is 27.8 Å². The molecule has 0 bridgehead atoms. The van der Waals surface area contributed by atoms with Crippen molar-refractivity contribution < 1.29 is 4.74 Å². The second kappa shape index (κ2) is 5.25.